The molecule has 45 heavy (non-hydrogen) atoms. The van der Waals surface area contributed by atoms with Crippen molar-refractivity contribution in [2.45, 2.75) is 50.6 Å². The minimum Gasteiger partial charge on any atom is -0.354 e. The molecule has 0 aliphatic heterocycles. The summed E-state index contributed by atoms with van der Waals surface area (Å²) in [6.45, 7) is 3.72. The Kier molecular flexibility index (Phi) is 12.0. The zero-order valence-electron chi connectivity index (χ0n) is 25.3. The monoisotopic (exact) mass is 665 g/mol. The maximum atomic E-state index is 14.6. The fraction of sp³-hybridized carbons (Fsp3) is 0.257. The molecule has 236 valence electrons. The van der Waals surface area contributed by atoms with Crippen LogP contribution in [0.1, 0.15) is 37.0 Å². The lowest BCUT2D eigenvalue weighted by Crippen LogP contribution is -2.53. The molecule has 1 N–H and O–H groups in total. The molecule has 0 heterocycles. The quantitative estimate of drug-likeness (QED) is 0.158. The highest BCUT2D eigenvalue weighted by Gasteiger charge is 2.35. The molecular formula is C35H37Cl2N3O4S. The summed E-state index contributed by atoms with van der Waals surface area (Å²) < 4.78 is 29.5. The number of benzene rings is 4. The first-order chi connectivity index (χ1) is 21.6. The number of hydrogen-bond acceptors (Lipinski definition) is 4. The van der Waals surface area contributed by atoms with Crippen molar-refractivity contribution in [3.05, 3.63) is 130 Å². The minimum absolute atomic E-state index is 0.0411. The second-order valence-electron chi connectivity index (χ2n) is 10.6. The van der Waals surface area contributed by atoms with Gasteiger partial charge in [-0.2, -0.15) is 0 Å². The minimum atomic E-state index is -4.18. The molecule has 2 amide bonds. The number of carbonyl (C=O) groups is 2. The highest BCUT2D eigenvalue weighted by molar-refractivity contribution is 7.92. The van der Waals surface area contributed by atoms with Crippen LogP contribution in [0.25, 0.3) is 0 Å². The van der Waals surface area contributed by atoms with E-state index in [0.29, 0.717) is 40.7 Å². The van der Waals surface area contributed by atoms with Crippen LogP contribution in [0.3, 0.4) is 0 Å². The van der Waals surface area contributed by atoms with Crippen LogP contribution in [-0.4, -0.2) is 44.3 Å². The van der Waals surface area contributed by atoms with E-state index >= 15 is 0 Å². The highest BCUT2D eigenvalue weighted by Crippen LogP contribution is 2.29. The number of carbonyl (C=O) groups excluding carboxylic acids is 2. The predicted octanol–water partition coefficient (Wildman–Crippen LogP) is 6.92. The lowest BCUT2D eigenvalue weighted by Gasteiger charge is -2.34. The standard InChI is InChI=1S/C35H37Cl2N3O4S/c1-3-21-38-35(42)33(22-26-13-7-5-8-14-26)39(24-28-19-20-29(36)23-31(28)37)34(41)25-40(32-18-12-11-15-27(32)4-2)45(43,44)30-16-9-6-10-17-30/h5-20,23,33H,3-4,21-22,24-25H2,1-2H3,(H,38,42)/t33-/m1/s1. The van der Waals surface area contributed by atoms with Crippen LogP contribution in [0.5, 0.6) is 0 Å². The van der Waals surface area contributed by atoms with Gasteiger partial charge in [0.15, 0.2) is 0 Å². The van der Waals surface area contributed by atoms with E-state index in [1.807, 2.05) is 56.3 Å². The van der Waals surface area contributed by atoms with Gasteiger partial charge in [-0.3, -0.25) is 13.9 Å². The Labute approximate surface area is 275 Å². The second-order valence-corrected chi connectivity index (χ2v) is 13.3. The summed E-state index contributed by atoms with van der Waals surface area (Å²) in [6.07, 6.45) is 1.47. The zero-order chi connectivity index (χ0) is 32.4. The van der Waals surface area contributed by atoms with Crippen molar-refractivity contribution >= 4 is 50.7 Å². The van der Waals surface area contributed by atoms with Gasteiger partial charge < -0.3 is 10.2 Å². The van der Waals surface area contributed by atoms with Gasteiger partial charge >= 0.3 is 0 Å². The van der Waals surface area contributed by atoms with Crippen LogP contribution >= 0.6 is 23.2 Å². The molecule has 0 saturated carbocycles. The van der Waals surface area contributed by atoms with Crippen molar-refractivity contribution < 1.29 is 18.0 Å². The molecule has 4 aromatic carbocycles. The number of sulfonamides is 1. The third-order valence-corrected chi connectivity index (χ3v) is 9.79. The predicted molar refractivity (Wildman–Crippen MR) is 181 cm³/mol. The number of hydrogen-bond donors (Lipinski definition) is 1. The van der Waals surface area contributed by atoms with Gasteiger partial charge in [-0.05, 0) is 59.9 Å². The molecule has 0 unspecified atom stereocenters. The maximum absolute atomic E-state index is 14.6. The summed E-state index contributed by atoms with van der Waals surface area (Å²) in [5, 5.41) is 3.70. The third-order valence-electron chi connectivity index (χ3n) is 7.43. The summed E-state index contributed by atoms with van der Waals surface area (Å²) in [6, 6.07) is 28.5. The van der Waals surface area contributed by atoms with E-state index in [1.54, 1.807) is 48.5 Å². The highest BCUT2D eigenvalue weighted by atomic mass is 35.5. The Bertz CT molecular complexity index is 1700. The van der Waals surface area contributed by atoms with Crippen LogP contribution in [0.2, 0.25) is 10.0 Å². The molecular weight excluding hydrogens is 629 g/mol. The summed E-state index contributed by atoms with van der Waals surface area (Å²) in [5.41, 5.74) is 2.58. The zero-order valence-corrected chi connectivity index (χ0v) is 27.7. The number of aryl methyl sites for hydroxylation is 1. The van der Waals surface area contributed by atoms with E-state index in [1.165, 1.54) is 17.0 Å². The van der Waals surface area contributed by atoms with Gasteiger partial charge in [-0.15, -0.1) is 0 Å². The molecule has 0 aromatic heterocycles. The molecule has 4 rings (SSSR count). The number of amides is 2. The Hall–Kier alpha value is -3.85. The number of nitrogens with one attached hydrogen (secondary N) is 1. The Morgan fingerprint density at radius 1 is 0.822 bits per heavy atom. The first kappa shape index (κ1) is 34.0. The van der Waals surface area contributed by atoms with Crippen molar-refractivity contribution in [3.8, 4) is 0 Å². The summed E-state index contributed by atoms with van der Waals surface area (Å²) in [7, 11) is -4.18. The third kappa shape index (κ3) is 8.66. The lowest BCUT2D eigenvalue weighted by atomic mass is 10.0. The van der Waals surface area contributed by atoms with Crippen LogP contribution in [0.15, 0.2) is 108 Å². The number of rotatable bonds is 14. The van der Waals surface area contributed by atoms with Crippen LogP contribution in [0, 0.1) is 0 Å². The van der Waals surface area contributed by atoms with Crippen LogP contribution in [-0.2, 0) is 39.0 Å². The van der Waals surface area contributed by atoms with E-state index in [4.69, 9.17) is 23.2 Å². The largest absolute Gasteiger partial charge is 0.354 e. The van der Waals surface area contributed by atoms with Crippen molar-refractivity contribution in [2.24, 2.45) is 0 Å². The van der Waals surface area contributed by atoms with Gasteiger partial charge in [0.2, 0.25) is 11.8 Å². The van der Waals surface area contributed by atoms with E-state index in [-0.39, 0.29) is 23.8 Å². The van der Waals surface area contributed by atoms with Gasteiger partial charge in [-0.25, -0.2) is 8.42 Å². The number of para-hydroxylation sites is 1. The smallest absolute Gasteiger partial charge is 0.264 e. The summed E-state index contributed by atoms with van der Waals surface area (Å²) >= 11 is 12.7. The van der Waals surface area contributed by atoms with E-state index in [2.05, 4.69) is 5.32 Å². The first-order valence-electron chi connectivity index (χ1n) is 14.9. The maximum Gasteiger partial charge on any atom is 0.264 e. The van der Waals surface area contributed by atoms with Crippen molar-refractivity contribution in [2.75, 3.05) is 17.4 Å². The molecule has 0 bridgehead atoms. The van der Waals surface area contributed by atoms with Crippen molar-refractivity contribution in [3.63, 3.8) is 0 Å². The Morgan fingerprint density at radius 2 is 1.47 bits per heavy atom. The molecule has 1 atom stereocenters. The van der Waals surface area contributed by atoms with Gasteiger partial charge in [0.1, 0.15) is 12.6 Å². The Morgan fingerprint density at radius 3 is 2.11 bits per heavy atom. The van der Waals surface area contributed by atoms with Crippen molar-refractivity contribution in [1.82, 2.24) is 10.2 Å². The fourth-order valence-corrected chi connectivity index (χ4v) is 6.98. The average molecular weight is 667 g/mol. The summed E-state index contributed by atoms with van der Waals surface area (Å²) in [5.74, 6) is -0.899. The summed E-state index contributed by atoms with van der Waals surface area (Å²) in [4.78, 5) is 29.8. The molecule has 0 spiro atoms. The molecule has 10 heteroatoms. The fourth-order valence-electron chi connectivity index (χ4n) is 5.04. The van der Waals surface area contributed by atoms with E-state index in [0.717, 1.165) is 15.4 Å². The van der Waals surface area contributed by atoms with Crippen LogP contribution in [0.4, 0.5) is 5.69 Å². The van der Waals surface area contributed by atoms with Gasteiger partial charge in [0.05, 0.1) is 10.6 Å². The van der Waals surface area contributed by atoms with Gasteiger partial charge in [-0.1, -0.05) is 110 Å². The SMILES string of the molecule is CCCNC(=O)[C@@H](Cc1ccccc1)N(Cc1ccc(Cl)cc1Cl)C(=O)CN(c1ccccc1CC)S(=O)(=O)c1ccccc1. The molecule has 4 aromatic rings. The van der Waals surface area contributed by atoms with E-state index < -0.39 is 28.5 Å². The normalized spacial score (nSPS) is 11.9. The van der Waals surface area contributed by atoms with Crippen molar-refractivity contribution in [1.29, 1.82) is 0 Å². The molecule has 0 radical (unpaired) electrons. The second kappa shape index (κ2) is 15.9. The number of halogens is 2. The lowest BCUT2D eigenvalue weighted by molar-refractivity contribution is -0.140. The van der Waals surface area contributed by atoms with Gasteiger partial charge in [0, 0.05) is 29.6 Å². The molecule has 0 fully saturated rings. The van der Waals surface area contributed by atoms with E-state index in [9.17, 15) is 18.0 Å². The van der Waals surface area contributed by atoms with Gasteiger partial charge in [0.25, 0.3) is 10.0 Å². The van der Waals surface area contributed by atoms with Crippen LogP contribution < -0.4 is 9.62 Å². The molecule has 0 aliphatic rings. The number of anilines is 1. The number of nitrogens with zero attached hydrogens (tertiary/aromatic N) is 2. The Balaban J connectivity index is 1.83. The first-order valence-corrected chi connectivity index (χ1v) is 17.1. The molecule has 7 nitrogen and oxygen atoms in total. The molecule has 0 aliphatic carbocycles. The average Bonchev–Trinajstić information content (AvgIpc) is 3.05. The topological polar surface area (TPSA) is 86.8 Å². The molecule has 0 saturated heterocycles.